The number of alkyl halides is 1. The molecule has 2 aliphatic heterocycles. The SMILES string of the molecule is C.C.CC(C)/C=C(/Cl)B1OC(C)(C)C(C)(C)O1.CC(C)CC(Cl)B1OC(C)(C)C(C)(C)O1. The molecule has 0 aromatic rings. The van der Waals surface area contributed by atoms with Crippen LogP contribution in [0, 0.1) is 11.8 Å². The van der Waals surface area contributed by atoms with Crippen molar-refractivity contribution in [3.8, 4) is 0 Å². The van der Waals surface area contributed by atoms with Gasteiger partial charge in [-0.1, -0.05) is 60.2 Å². The molecule has 2 heterocycles. The molecule has 0 aromatic carbocycles. The Morgan fingerprint density at radius 2 is 1.09 bits per heavy atom. The third kappa shape index (κ3) is 8.82. The summed E-state index contributed by atoms with van der Waals surface area (Å²) >= 11 is 12.4. The average molecular weight is 495 g/mol. The zero-order valence-electron chi connectivity index (χ0n) is 21.1. The van der Waals surface area contributed by atoms with Crippen molar-refractivity contribution in [1.29, 1.82) is 0 Å². The van der Waals surface area contributed by atoms with Gasteiger partial charge in [-0.2, -0.15) is 0 Å². The fourth-order valence-electron chi connectivity index (χ4n) is 2.95. The van der Waals surface area contributed by atoms with E-state index in [1.165, 1.54) is 0 Å². The molecular weight excluding hydrogens is 445 g/mol. The number of hydrogen-bond donors (Lipinski definition) is 0. The van der Waals surface area contributed by atoms with Gasteiger partial charge in [0.2, 0.25) is 0 Å². The Labute approximate surface area is 210 Å². The highest BCUT2D eigenvalue weighted by Crippen LogP contribution is 2.40. The van der Waals surface area contributed by atoms with Gasteiger partial charge in [0, 0.05) is 4.93 Å². The Hall–Kier alpha value is 0.290. The van der Waals surface area contributed by atoms with Crippen LogP contribution in [-0.2, 0) is 18.6 Å². The van der Waals surface area contributed by atoms with Crippen molar-refractivity contribution >= 4 is 37.4 Å². The molecule has 0 amide bonds. The molecular formula is C24H50B2Cl2O4. The smallest absolute Gasteiger partial charge is 0.402 e. The molecule has 190 valence electrons. The Balaban J connectivity index is 0. The summed E-state index contributed by atoms with van der Waals surface area (Å²) in [6.45, 7) is 24.7. The van der Waals surface area contributed by atoms with Gasteiger partial charge < -0.3 is 18.6 Å². The van der Waals surface area contributed by atoms with E-state index in [0.29, 0.717) is 16.8 Å². The predicted molar refractivity (Wildman–Crippen MR) is 143 cm³/mol. The van der Waals surface area contributed by atoms with Crippen LogP contribution < -0.4 is 0 Å². The average Bonchev–Trinajstić information content (AvgIpc) is 2.86. The monoisotopic (exact) mass is 494 g/mol. The highest BCUT2D eigenvalue weighted by molar-refractivity contribution is 6.69. The zero-order valence-corrected chi connectivity index (χ0v) is 22.6. The molecule has 0 N–H and O–H groups in total. The summed E-state index contributed by atoms with van der Waals surface area (Å²) in [6, 6.07) is 0. The fourth-order valence-corrected chi connectivity index (χ4v) is 3.75. The third-order valence-electron chi connectivity index (χ3n) is 6.23. The summed E-state index contributed by atoms with van der Waals surface area (Å²) in [5.41, 5.74) is -1.19. The topological polar surface area (TPSA) is 36.9 Å². The quantitative estimate of drug-likeness (QED) is 0.287. The maximum atomic E-state index is 6.29. The molecule has 0 aromatic heterocycles. The lowest BCUT2D eigenvalue weighted by atomic mass is 9.80. The van der Waals surface area contributed by atoms with E-state index in [4.69, 9.17) is 41.8 Å². The van der Waals surface area contributed by atoms with Gasteiger partial charge in [0.05, 0.1) is 27.7 Å². The second-order valence-electron chi connectivity index (χ2n) is 11.2. The second kappa shape index (κ2) is 12.3. The Morgan fingerprint density at radius 3 is 1.41 bits per heavy atom. The van der Waals surface area contributed by atoms with Crippen molar-refractivity contribution in [2.75, 3.05) is 0 Å². The Kier molecular flexibility index (Phi) is 13.3. The van der Waals surface area contributed by atoms with Gasteiger partial charge in [-0.3, -0.25) is 0 Å². The first kappa shape index (κ1) is 34.5. The van der Waals surface area contributed by atoms with Crippen molar-refractivity contribution in [3.63, 3.8) is 0 Å². The van der Waals surface area contributed by atoms with Crippen molar-refractivity contribution in [2.24, 2.45) is 11.8 Å². The molecule has 0 saturated carbocycles. The van der Waals surface area contributed by atoms with E-state index in [1.807, 2.05) is 61.5 Å². The van der Waals surface area contributed by atoms with Crippen LogP contribution in [0.1, 0.15) is 104 Å². The first-order valence-corrected chi connectivity index (χ1v) is 11.9. The summed E-state index contributed by atoms with van der Waals surface area (Å²) < 4.78 is 23.4. The number of allylic oxidation sites excluding steroid dienone is 1. The number of halogens is 2. The molecule has 0 spiro atoms. The highest BCUT2D eigenvalue weighted by atomic mass is 35.5. The maximum Gasteiger partial charge on any atom is 0.506 e. The molecule has 2 saturated heterocycles. The van der Waals surface area contributed by atoms with Gasteiger partial charge in [0.1, 0.15) is 0 Å². The van der Waals surface area contributed by atoms with Crippen LogP contribution in [0.15, 0.2) is 11.0 Å². The fraction of sp³-hybridized carbons (Fsp3) is 0.917. The molecule has 0 bridgehead atoms. The minimum atomic E-state index is -0.418. The largest absolute Gasteiger partial charge is 0.506 e. The van der Waals surface area contributed by atoms with Crippen molar-refractivity contribution in [3.05, 3.63) is 11.0 Å². The van der Waals surface area contributed by atoms with Crippen LogP contribution in [0.3, 0.4) is 0 Å². The maximum absolute atomic E-state index is 6.29. The van der Waals surface area contributed by atoms with Crippen LogP contribution >= 0.6 is 23.2 Å². The normalized spacial score (nSPS) is 23.9. The van der Waals surface area contributed by atoms with Crippen molar-refractivity contribution in [1.82, 2.24) is 0 Å². The number of hydrogen-bond acceptors (Lipinski definition) is 4. The van der Waals surface area contributed by atoms with E-state index < -0.39 is 7.12 Å². The summed E-state index contributed by atoms with van der Waals surface area (Å²) in [6.07, 6.45) is 2.88. The van der Waals surface area contributed by atoms with Gasteiger partial charge in [0.25, 0.3) is 0 Å². The van der Waals surface area contributed by atoms with E-state index in [0.717, 1.165) is 6.42 Å². The van der Waals surface area contributed by atoms with E-state index in [2.05, 4.69) is 27.7 Å². The molecule has 32 heavy (non-hydrogen) atoms. The van der Waals surface area contributed by atoms with Gasteiger partial charge in [-0.15, -0.1) is 11.6 Å². The molecule has 1 unspecified atom stereocenters. The summed E-state index contributed by atoms with van der Waals surface area (Å²) in [4.78, 5) is 0.642. The first-order chi connectivity index (χ1) is 13.3. The standard InChI is InChI=1S/C11H22BClO2.C11H20BClO2.2CH4/c2*1-8(2)7-9(13)12-14-10(3,4)11(5,6)15-12;;/h8-9H,7H2,1-6H3;7-8H,1-6H3;2*1H4/b;9-7+;;. The molecule has 2 fully saturated rings. The lowest BCUT2D eigenvalue weighted by molar-refractivity contribution is 0.00578. The molecule has 1 atom stereocenters. The third-order valence-corrected chi connectivity index (χ3v) is 6.92. The van der Waals surface area contributed by atoms with Gasteiger partial charge in [-0.05, 0) is 73.6 Å². The Morgan fingerprint density at radius 1 is 0.750 bits per heavy atom. The van der Waals surface area contributed by atoms with E-state index >= 15 is 0 Å². The Bertz CT molecular complexity index is 573. The molecule has 2 rings (SSSR count). The van der Waals surface area contributed by atoms with Crippen LogP contribution in [-0.4, -0.2) is 41.9 Å². The number of rotatable bonds is 5. The van der Waals surface area contributed by atoms with Crippen LogP contribution in [0.25, 0.3) is 0 Å². The van der Waals surface area contributed by atoms with Crippen molar-refractivity contribution < 1.29 is 18.6 Å². The van der Waals surface area contributed by atoms with E-state index in [-0.39, 0.29) is 49.7 Å². The summed E-state index contributed by atoms with van der Waals surface area (Å²) in [5.74, 6) is 0.961. The first-order valence-electron chi connectivity index (χ1n) is 11.0. The lowest BCUT2D eigenvalue weighted by Gasteiger charge is -2.32. The molecule has 0 aliphatic carbocycles. The van der Waals surface area contributed by atoms with E-state index in [1.54, 1.807) is 0 Å². The van der Waals surface area contributed by atoms with Crippen LogP contribution in [0.2, 0.25) is 0 Å². The van der Waals surface area contributed by atoms with E-state index in [9.17, 15) is 0 Å². The van der Waals surface area contributed by atoms with Gasteiger partial charge in [0.15, 0.2) is 0 Å². The van der Waals surface area contributed by atoms with Crippen LogP contribution in [0.5, 0.6) is 0 Å². The molecule has 8 heteroatoms. The molecule has 0 radical (unpaired) electrons. The highest BCUT2D eigenvalue weighted by Gasteiger charge is 2.54. The second-order valence-corrected chi connectivity index (χ2v) is 12.2. The van der Waals surface area contributed by atoms with Gasteiger partial charge in [-0.25, -0.2) is 0 Å². The minimum absolute atomic E-state index is 0. The predicted octanol–water partition coefficient (Wildman–Crippen LogP) is 7.94. The lowest BCUT2D eigenvalue weighted by Crippen LogP contribution is -2.41. The van der Waals surface area contributed by atoms with Crippen molar-refractivity contribution in [2.45, 2.75) is 132 Å². The van der Waals surface area contributed by atoms with Gasteiger partial charge >= 0.3 is 14.2 Å². The summed E-state index contributed by atoms with van der Waals surface area (Å²) in [5, 5.41) is -0.0638. The zero-order chi connectivity index (χ0) is 23.7. The molecule has 2 aliphatic rings. The van der Waals surface area contributed by atoms with Crippen LogP contribution in [0.4, 0.5) is 0 Å². The molecule has 4 nitrogen and oxygen atoms in total. The summed E-state index contributed by atoms with van der Waals surface area (Å²) in [7, 11) is -0.696. The minimum Gasteiger partial charge on any atom is -0.402 e.